The molecule has 0 aromatic carbocycles. The van der Waals surface area contributed by atoms with Gasteiger partial charge in [-0.25, -0.2) is 0 Å². The second kappa shape index (κ2) is 6.65. The molecular formula is C13H22O2. The van der Waals surface area contributed by atoms with Crippen molar-refractivity contribution < 1.29 is 9.53 Å². The van der Waals surface area contributed by atoms with Gasteiger partial charge in [0.05, 0.1) is 13.0 Å². The smallest absolute Gasteiger partial charge is 0.309 e. The minimum absolute atomic E-state index is 0.0469. The first-order chi connectivity index (χ1) is 7.29. The second-order valence-electron chi connectivity index (χ2n) is 4.37. The van der Waals surface area contributed by atoms with Crippen LogP contribution in [0.15, 0.2) is 12.7 Å². The molecule has 1 aliphatic carbocycles. The fraction of sp³-hybridized carbons (Fsp3) is 0.769. The zero-order valence-electron chi connectivity index (χ0n) is 9.71. The fourth-order valence-electron chi connectivity index (χ4n) is 2.42. The van der Waals surface area contributed by atoms with E-state index in [1.807, 2.05) is 6.08 Å². The van der Waals surface area contributed by atoms with Crippen molar-refractivity contribution >= 4 is 5.97 Å². The fourth-order valence-corrected chi connectivity index (χ4v) is 2.42. The number of allylic oxidation sites excluding steroid dienone is 1. The molecule has 1 aliphatic rings. The van der Waals surface area contributed by atoms with Crippen LogP contribution >= 0.6 is 0 Å². The maximum absolute atomic E-state index is 11.6. The summed E-state index contributed by atoms with van der Waals surface area (Å²) in [5.74, 6) is 0.308. The Bertz CT molecular complexity index is 211. The van der Waals surface area contributed by atoms with Gasteiger partial charge in [-0.15, -0.1) is 6.58 Å². The Balaban J connectivity index is 2.64. The van der Waals surface area contributed by atoms with Crippen LogP contribution in [-0.2, 0) is 9.53 Å². The van der Waals surface area contributed by atoms with Gasteiger partial charge in [0, 0.05) is 0 Å². The lowest BCUT2D eigenvalue weighted by molar-refractivity contribution is -0.147. The molecule has 2 heteroatoms. The van der Waals surface area contributed by atoms with Crippen molar-refractivity contribution in [3.8, 4) is 0 Å². The van der Waals surface area contributed by atoms with Gasteiger partial charge in [0.15, 0.2) is 0 Å². The molecule has 1 unspecified atom stereocenters. The van der Waals surface area contributed by atoms with E-state index in [1.165, 1.54) is 32.8 Å². The van der Waals surface area contributed by atoms with Gasteiger partial charge < -0.3 is 4.74 Å². The number of hydrogen-bond donors (Lipinski definition) is 0. The Morgan fingerprint density at radius 1 is 1.20 bits per heavy atom. The Morgan fingerprint density at radius 3 is 2.40 bits per heavy atom. The predicted molar refractivity (Wildman–Crippen MR) is 61.5 cm³/mol. The average Bonchev–Trinajstić information content (AvgIpc) is 2.38. The zero-order valence-corrected chi connectivity index (χ0v) is 9.71. The van der Waals surface area contributed by atoms with E-state index in [1.54, 1.807) is 0 Å². The molecule has 2 atom stereocenters. The number of ether oxygens (including phenoxy) is 1. The largest absolute Gasteiger partial charge is 0.469 e. The molecule has 1 saturated carbocycles. The third kappa shape index (κ3) is 3.69. The maximum atomic E-state index is 11.6. The van der Waals surface area contributed by atoms with Crippen molar-refractivity contribution in [2.75, 3.05) is 7.11 Å². The van der Waals surface area contributed by atoms with Crippen molar-refractivity contribution in [2.24, 2.45) is 11.8 Å². The summed E-state index contributed by atoms with van der Waals surface area (Å²) in [6, 6.07) is 0. The van der Waals surface area contributed by atoms with E-state index in [9.17, 15) is 4.79 Å². The minimum Gasteiger partial charge on any atom is -0.469 e. The molecule has 86 valence electrons. The number of hydrogen-bond acceptors (Lipinski definition) is 2. The molecule has 0 heterocycles. The predicted octanol–water partition coefficient (Wildman–Crippen LogP) is 3.32. The zero-order chi connectivity index (χ0) is 11.1. The monoisotopic (exact) mass is 210 g/mol. The van der Waals surface area contributed by atoms with Gasteiger partial charge in [-0.1, -0.05) is 38.2 Å². The summed E-state index contributed by atoms with van der Waals surface area (Å²) in [5.41, 5.74) is 0. The molecule has 0 saturated heterocycles. The quantitative estimate of drug-likeness (QED) is 0.516. The van der Waals surface area contributed by atoms with E-state index < -0.39 is 0 Å². The van der Waals surface area contributed by atoms with Gasteiger partial charge in [0.2, 0.25) is 0 Å². The lowest BCUT2D eigenvalue weighted by Crippen LogP contribution is -2.23. The molecule has 0 aliphatic heterocycles. The Kier molecular flexibility index (Phi) is 5.44. The standard InChI is InChI=1S/C13H22O2/c1-3-11-9-7-5-4-6-8-10-12(11)13(14)15-2/h3,11-12H,1,4-10H2,2H3/t11?,12-/m1/s1. The molecular weight excluding hydrogens is 188 g/mol. The molecule has 0 aromatic rings. The maximum Gasteiger partial charge on any atom is 0.309 e. The Hall–Kier alpha value is -0.790. The van der Waals surface area contributed by atoms with E-state index in [4.69, 9.17) is 4.74 Å². The van der Waals surface area contributed by atoms with E-state index in [-0.39, 0.29) is 11.9 Å². The Morgan fingerprint density at radius 2 is 1.80 bits per heavy atom. The van der Waals surface area contributed by atoms with Crippen LogP contribution in [0, 0.1) is 11.8 Å². The van der Waals surface area contributed by atoms with Gasteiger partial charge in [-0.3, -0.25) is 4.79 Å². The third-order valence-electron chi connectivity index (χ3n) is 3.38. The van der Waals surface area contributed by atoms with Crippen LogP contribution in [0.4, 0.5) is 0 Å². The number of carbonyl (C=O) groups is 1. The van der Waals surface area contributed by atoms with Gasteiger partial charge in [0.25, 0.3) is 0 Å². The van der Waals surface area contributed by atoms with Crippen LogP contribution in [0.2, 0.25) is 0 Å². The molecule has 15 heavy (non-hydrogen) atoms. The van der Waals surface area contributed by atoms with Gasteiger partial charge in [0.1, 0.15) is 0 Å². The first kappa shape index (κ1) is 12.3. The average molecular weight is 210 g/mol. The van der Waals surface area contributed by atoms with Crippen LogP contribution in [-0.4, -0.2) is 13.1 Å². The minimum atomic E-state index is -0.0539. The van der Waals surface area contributed by atoms with Gasteiger partial charge in [-0.05, 0) is 18.8 Å². The van der Waals surface area contributed by atoms with Crippen LogP contribution in [0.3, 0.4) is 0 Å². The molecule has 0 aromatic heterocycles. The summed E-state index contributed by atoms with van der Waals surface area (Å²) >= 11 is 0. The first-order valence-electron chi connectivity index (χ1n) is 6.00. The first-order valence-corrected chi connectivity index (χ1v) is 6.00. The molecule has 0 radical (unpaired) electrons. The SMILES string of the molecule is C=CC1CCCCCCC[C@H]1C(=O)OC. The van der Waals surface area contributed by atoms with Crippen LogP contribution in [0.5, 0.6) is 0 Å². The van der Waals surface area contributed by atoms with E-state index in [0.29, 0.717) is 5.92 Å². The van der Waals surface area contributed by atoms with E-state index in [2.05, 4.69) is 6.58 Å². The van der Waals surface area contributed by atoms with Gasteiger partial charge >= 0.3 is 5.97 Å². The molecule has 2 nitrogen and oxygen atoms in total. The van der Waals surface area contributed by atoms with Crippen molar-refractivity contribution in [2.45, 2.75) is 44.9 Å². The molecule has 0 amide bonds. The molecule has 1 fully saturated rings. The van der Waals surface area contributed by atoms with Crippen LogP contribution in [0.25, 0.3) is 0 Å². The van der Waals surface area contributed by atoms with Gasteiger partial charge in [-0.2, -0.15) is 0 Å². The van der Waals surface area contributed by atoms with E-state index >= 15 is 0 Å². The summed E-state index contributed by atoms with van der Waals surface area (Å²) in [6.07, 6.45) is 10.2. The topological polar surface area (TPSA) is 26.3 Å². The Labute approximate surface area is 92.7 Å². The number of methoxy groups -OCH3 is 1. The second-order valence-corrected chi connectivity index (χ2v) is 4.37. The molecule has 0 spiro atoms. The number of esters is 1. The highest BCUT2D eigenvalue weighted by atomic mass is 16.5. The van der Waals surface area contributed by atoms with Crippen LogP contribution in [0.1, 0.15) is 44.9 Å². The number of carbonyl (C=O) groups excluding carboxylic acids is 1. The summed E-state index contributed by atoms with van der Waals surface area (Å²) in [5, 5.41) is 0. The summed E-state index contributed by atoms with van der Waals surface area (Å²) in [7, 11) is 1.48. The highest BCUT2D eigenvalue weighted by Gasteiger charge is 2.26. The lowest BCUT2D eigenvalue weighted by Gasteiger charge is -2.21. The van der Waals surface area contributed by atoms with Crippen molar-refractivity contribution in [1.29, 1.82) is 0 Å². The molecule has 0 N–H and O–H groups in total. The van der Waals surface area contributed by atoms with E-state index in [0.717, 1.165) is 19.3 Å². The summed E-state index contributed by atoms with van der Waals surface area (Å²) in [6.45, 7) is 3.85. The highest BCUT2D eigenvalue weighted by molar-refractivity contribution is 5.72. The molecule has 0 bridgehead atoms. The van der Waals surface area contributed by atoms with Crippen molar-refractivity contribution in [3.05, 3.63) is 12.7 Å². The van der Waals surface area contributed by atoms with Crippen LogP contribution < -0.4 is 0 Å². The normalized spacial score (nSPS) is 28.3. The lowest BCUT2D eigenvalue weighted by atomic mass is 9.85. The van der Waals surface area contributed by atoms with Crippen molar-refractivity contribution in [3.63, 3.8) is 0 Å². The molecule has 1 rings (SSSR count). The summed E-state index contributed by atoms with van der Waals surface area (Å²) in [4.78, 5) is 11.6. The van der Waals surface area contributed by atoms with Crippen molar-refractivity contribution in [1.82, 2.24) is 0 Å². The third-order valence-corrected chi connectivity index (χ3v) is 3.38. The number of rotatable bonds is 2. The summed E-state index contributed by atoms with van der Waals surface area (Å²) < 4.78 is 4.87. The highest BCUT2D eigenvalue weighted by Crippen LogP contribution is 2.28.